The van der Waals surface area contributed by atoms with Crippen molar-refractivity contribution in [1.29, 1.82) is 0 Å². The van der Waals surface area contributed by atoms with Crippen molar-refractivity contribution < 1.29 is 4.79 Å². The molecule has 1 amide bonds. The fraction of sp³-hybridized carbons (Fsp3) is 0.588. The van der Waals surface area contributed by atoms with Crippen LogP contribution in [0.5, 0.6) is 0 Å². The summed E-state index contributed by atoms with van der Waals surface area (Å²) >= 11 is 0. The third-order valence-corrected chi connectivity index (χ3v) is 3.63. The van der Waals surface area contributed by atoms with Gasteiger partial charge in [0.25, 0.3) is 0 Å². The highest BCUT2D eigenvalue weighted by Crippen LogP contribution is 2.26. The number of hydrogen-bond acceptors (Lipinski definition) is 2. The van der Waals surface area contributed by atoms with E-state index in [1.807, 2.05) is 44.0 Å². The SMILES string of the molecule is CN(CC(C)(C)CN)C(=O)C(C)(C)Cc1ccccc1.Cl. The average Bonchev–Trinajstić information content (AvgIpc) is 2.38. The summed E-state index contributed by atoms with van der Waals surface area (Å²) in [5, 5.41) is 0. The summed E-state index contributed by atoms with van der Waals surface area (Å²) in [5.41, 5.74) is 6.49. The van der Waals surface area contributed by atoms with Crippen molar-refractivity contribution in [3.63, 3.8) is 0 Å². The van der Waals surface area contributed by atoms with Gasteiger partial charge in [-0.2, -0.15) is 0 Å². The standard InChI is InChI=1S/C17H28N2O.ClH/c1-16(2,12-18)13-19(5)15(20)17(3,4)11-14-9-7-6-8-10-14;/h6-10H,11-13,18H2,1-5H3;1H. The molecule has 0 aliphatic heterocycles. The first kappa shape index (κ1) is 19.9. The molecule has 0 saturated carbocycles. The molecule has 0 aliphatic carbocycles. The number of carbonyl (C=O) groups is 1. The number of carbonyl (C=O) groups excluding carboxylic acids is 1. The molecule has 2 N–H and O–H groups in total. The Hall–Kier alpha value is -1.06. The molecule has 0 radical (unpaired) electrons. The molecule has 0 aromatic heterocycles. The highest BCUT2D eigenvalue weighted by Gasteiger charge is 2.32. The fourth-order valence-corrected chi connectivity index (χ4v) is 2.48. The molecule has 1 rings (SSSR count). The van der Waals surface area contributed by atoms with Gasteiger partial charge >= 0.3 is 0 Å². The van der Waals surface area contributed by atoms with Crippen LogP contribution in [0.3, 0.4) is 0 Å². The molecule has 0 heterocycles. The molecular weight excluding hydrogens is 284 g/mol. The van der Waals surface area contributed by atoms with E-state index in [0.29, 0.717) is 13.1 Å². The van der Waals surface area contributed by atoms with E-state index >= 15 is 0 Å². The summed E-state index contributed by atoms with van der Waals surface area (Å²) in [6, 6.07) is 10.2. The zero-order valence-corrected chi connectivity index (χ0v) is 14.7. The topological polar surface area (TPSA) is 46.3 Å². The number of hydrogen-bond donors (Lipinski definition) is 1. The summed E-state index contributed by atoms with van der Waals surface area (Å²) in [6.45, 7) is 9.44. The van der Waals surface area contributed by atoms with E-state index in [1.54, 1.807) is 0 Å². The van der Waals surface area contributed by atoms with Crippen LogP contribution in [0.15, 0.2) is 30.3 Å². The van der Waals surface area contributed by atoms with E-state index in [1.165, 1.54) is 5.56 Å². The molecule has 4 heteroatoms. The van der Waals surface area contributed by atoms with Gasteiger partial charge in [0.05, 0.1) is 0 Å². The van der Waals surface area contributed by atoms with Gasteiger partial charge < -0.3 is 10.6 Å². The Balaban J connectivity index is 0.00000400. The third-order valence-electron chi connectivity index (χ3n) is 3.63. The number of benzene rings is 1. The van der Waals surface area contributed by atoms with Crippen LogP contribution in [0.2, 0.25) is 0 Å². The molecule has 0 unspecified atom stereocenters. The predicted octanol–water partition coefficient (Wildman–Crippen LogP) is 3.12. The summed E-state index contributed by atoms with van der Waals surface area (Å²) in [6.07, 6.45) is 0.750. The molecule has 21 heavy (non-hydrogen) atoms. The Labute approximate surface area is 135 Å². The normalized spacial score (nSPS) is 11.7. The lowest BCUT2D eigenvalue weighted by Crippen LogP contribution is -2.45. The van der Waals surface area contributed by atoms with Crippen LogP contribution in [0, 0.1) is 10.8 Å². The molecule has 0 fully saturated rings. The van der Waals surface area contributed by atoms with E-state index in [9.17, 15) is 4.79 Å². The molecule has 1 aromatic carbocycles. The van der Waals surface area contributed by atoms with Crippen molar-refractivity contribution in [3.8, 4) is 0 Å². The zero-order valence-electron chi connectivity index (χ0n) is 13.8. The number of nitrogens with two attached hydrogens (primary N) is 1. The van der Waals surface area contributed by atoms with Crippen LogP contribution in [-0.2, 0) is 11.2 Å². The maximum atomic E-state index is 12.6. The number of halogens is 1. The maximum absolute atomic E-state index is 12.6. The number of rotatable bonds is 6. The molecule has 0 atom stereocenters. The van der Waals surface area contributed by atoms with E-state index in [2.05, 4.69) is 26.0 Å². The van der Waals surface area contributed by atoms with E-state index in [0.717, 1.165) is 6.42 Å². The quantitative estimate of drug-likeness (QED) is 0.877. The Bertz CT molecular complexity index is 443. The van der Waals surface area contributed by atoms with Crippen molar-refractivity contribution in [1.82, 2.24) is 4.90 Å². The van der Waals surface area contributed by atoms with Crippen LogP contribution in [0.4, 0.5) is 0 Å². The van der Waals surface area contributed by atoms with Crippen LogP contribution in [0.1, 0.15) is 33.3 Å². The lowest BCUT2D eigenvalue weighted by Gasteiger charge is -2.34. The Kier molecular flexibility index (Phi) is 7.41. The van der Waals surface area contributed by atoms with Crippen molar-refractivity contribution >= 4 is 18.3 Å². The average molecular weight is 313 g/mol. The summed E-state index contributed by atoms with van der Waals surface area (Å²) in [4.78, 5) is 14.5. The molecule has 120 valence electrons. The molecule has 0 bridgehead atoms. The van der Waals surface area contributed by atoms with E-state index in [4.69, 9.17) is 5.73 Å². The fourth-order valence-electron chi connectivity index (χ4n) is 2.48. The largest absolute Gasteiger partial charge is 0.345 e. The van der Waals surface area contributed by atoms with Gasteiger partial charge in [-0.1, -0.05) is 58.0 Å². The predicted molar refractivity (Wildman–Crippen MR) is 91.6 cm³/mol. The van der Waals surface area contributed by atoms with Gasteiger partial charge in [-0.15, -0.1) is 12.4 Å². The van der Waals surface area contributed by atoms with Gasteiger partial charge in [0.1, 0.15) is 0 Å². The van der Waals surface area contributed by atoms with Crippen molar-refractivity contribution in [2.75, 3.05) is 20.1 Å². The second-order valence-corrected chi connectivity index (χ2v) is 7.08. The Morgan fingerprint density at radius 2 is 1.67 bits per heavy atom. The molecule has 3 nitrogen and oxygen atoms in total. The number of nitrogens with zero attached hydrogens (tertiary/aromatic N) is 1. The van der Waals surface area contributed by atoms with Crippen LogP contribution in [0.25, 0.3) is 0 Å². The van der Waals surface area contributed by atoms with Gasteiger partial charge in [-0.25, -0.2) is 0 Å². The van der Waals surface area contributed by atoms with Crippen LogP contribution < -0.4 is 5.73 Å². The minimum absolute atomic E-state index is 0. The second-order valence-electron chi connectivity index (χ2n) is 7.08. The zero-order chi connectivity index (χ0) is 15.4. The second kappa shape index (κ2) is 7.81. The van der Waals surface area contributed by atoms with Gasteiger partial charge in [-0.3, -0.25) is 4.79 Å². The highest BCUT2D eigenvalue weighted by molar-refractivity contribution is 5.85. The third kappa shape index (κ3) is 6.06. The molecule has 0 saturated heterocycles. The minimum atomic E-state index is -0.402. The van der Waals surface area contributed by atoms with Gasteiger partial charge in [-0.05, 0) is 23.9 Å². The van der Waals surface area contributed by atoms with Crippen molar-refractivity contribution in [2.45, 2.75) is 34.1 Å². The van der Waals surface area contributed by atoms with Crippen LogP contribution >= 0.6 is 12.4 Å². The summed E-state index contributed by atoms with van der Waals surface area (Å²) in [7, 11) is 1.87. The number of amides is 1. The monoisotopic (exact) mass is 312 g/mol. The lowest BCUT2D eigenvalue weighted by molar-refractivity contribution is -0.140. The first-order chi connectivity index (χ1) is 9.18. The first-order valence-corrected chi connectivity index (χ1v) is 7.17. The van der Waals surface area contributed by atoms with Crippen LogP contribution in [-0.4, -0.2) is 30.9 Å². The lowest BCUT2D eigenvalue weighted by atomic mass is 9.83. The molecule has 1 aromatic rings. The summed E-state index contributed by atoms with van der Waals surface area (Å²) in [5.74, 6) is 0.169. The first-order valence-electron chi connectivity index (χ1n) is 7.17. The van der Waals surface area contributed by atoms with Crippen molar-refractivity contribution in [2.24, 2.45) is 16.6 Å². The van der Waals surface area contributed by atoms with Gasteiger partial charge in [0.2, 0.25) is 5.91 Å². The smallest absolute Gasteiger partial charge is 0.228 e. The Morgan fingerprint density at radius 1 is 1.14 bits per heavy atom. The maximum Gasteiger partial charge on any atom is 0.228 e. The molecule has 0 spiro atoms. The van der Waals surface area contributed by atoms with E-state index < -0.39 is 5.41 Å². The molecule has 0 aliphatic rings. The Morgan fingerprint density at radius 3 is 2.14 bits per heavy atom. The van der Waals surface area contributed by atoms with Gasteiger partial charge in [0.15, 0.2) is 0 Å². The van der Waals surface area contributed by atoms with Gasteiger partial charge in [0, 0.05) is 19.0 Å². The molecular formula is C17H29ClN2O. The van der Waals surface area contributed by atoms with Crippen molar-refractivity contribution in [3.05, 3.63) is 35.9 Å². The minimum Gasteiger partial charge on any atom is -0.345 e. The van der Waals surface area contributed by atoms with E-state index in [-0.39, 0.29) is 23.7 Å². The summed E-state index contributed by atoms with van der Waals surface area (Å²) < 4.78 is 0. The highest BCUT2D eigenvalue weighted by atomic mass is 35.5.